The van der Waals surface area contributed by atoms with Crippen molar-refractivity contribution in [2.24, 2.45) is 0 Å². The molecule has 2 aromatic heterocycles. The number of thiophene rings is 1. The summed E-state index contributed by atoms with van der Waals surface area (Å²) in [7, 11) is 0. The maximum absolute atomic E-state index is 12.6. The molecule has 0 saturated carbocycles. The number of rotatable bonds is 4. The molecule has 3 N–H and O–H groups in total. The largest absolute Gasteiger partial charge is 0.370 e. The van der Waals surface area contributed by atoms with Crippen LogP contribution < -0.4 is 21.1 Å². The predicted molar refractivity (Wildman–Crippen MR) is 129 cm³/mol. The summed E-state index contributed by atoms with van der Waals surface area (Å²) in [5.74, 6) is 0.909. The van der Waals surface area contributed by atoms with Crippen LogP contribution in [0.4, 0.5) is 11.6 Å². The highest BCUT2D eigenvalue weighted by molar-refractivity contribution is 7.99. The number of ether oxygens (including phenoxy) is 1. The first kappa shape index (κ1) is 21.1. The molecule has 0 radical (unpaired) electrons. The summed E-state index contributed by atoms with van der Waals surface area (Å²) < 4.78 is 8.16. The van der Waals surface area contributed by atoms with Crippen molar-refractivity contribution in [1.82, 2.24) is 25.5 Å². The second-order valence-corrected chi connectivity index (χ2v) is 11.1. The lowest BCUT2D eigenvalue weighted by Gasteiger charge is -2.34. The van der Waals surface area contributed by atoms with Crippen LogP contribution in [0.5, 0.6) is 0 Å². The molecule has 9 nitrogen and oxygen atoms in total. The molecule has 6 rings (SSSR count). The fourth-order valence-electron chi connectivity index (χ4n) is 4.49. The Bertz CT molecular complexity index is 1230. The van der Waals surface area contributed by atoms with Crippen molar-refractivity contribution in [2.75, 3.05) is 22.7 Å². The Morgan fingerprint density at radius 1 is 1.33 bits per heavy atom. The third-order valence-corrected chi connectivity index (χ3v) is 8.22. The summed E-state index contributed by atoms with van der Waals surface area (Å²) in [6, 6.07) is 7.79. The topological polar surface area (TPSA) is 96.3 Å². The van der Waals surface area contributed by atoms with Crippen molar-refractivity contribution in [3.05, 3.63) is 45.8 Å². The second-order valence-electron chi connectivity index (χ2n) is 9.08. The Balaban J connectivity index is 1.30. The van der Waals surface area contributed by atoms with Gasteiger partial charge < -0.3 is 10.1 Å². The van der Waals surface area contributed by atoms with E-state index in [1.54, 1.807) is 11.3 Å². The van der Waals surface area contributed by atoms with Gasteiger partial charge in [0.25, 0.3) is 0 Å². The fourth-order valence-corrected chi connectivity index (χ4v) is 6.54. The number of aryl methyl sites for hydroxylation is 1. The maximum atomic E-state index is 12.6. The Kier molecular flexibility index (Phi) is 5.00. The van der Waals surface area contributed by atoms with E-state index < -0.39 is 0 Å². The first-order chi connectivity index (χ1) is 15.9. The molecule has 1 aromatic carbocycles. The zero-order valence-corrected chi connectivity index (χ0v) is 20.3. The van der Waals surface area contributed by atoms with E-state index in [9.17, 15) is 4.79 Å². The molecule has 172 valence electrons. The van der Waals surface area contributed by atoms with E-state index in [2.05, 4.69) is 44.7 Å². The van der Waals surface area contributed by atoms with Crippen LogP contribution in [-0.4, -0.2) is 38.7 Å². The lowest BCUT2D eigenvalue weighted by molar-refractivity contribution is -0.113. The molecule has 1 unspecified atom stereocenters. The molecule has 1 fully saturated rings. The van der Waals surface area contributed by atoms with Gasteiger partial charge in [-0.2, -0.15) is 0 Å². The van der Waals surface area contributed by atoms with E-state index in [1.807, 2.05) is 36.2 Å². The number of benzene rings is 1. The van der Waals surface area contributed by atoms with E-state index in [4.69, 9.17) is 4.74 Å². The quantitative estimate of drug-likeness (QED) is 0.487. The van der Waals surface area contributed by atoms with Crippen LogP contribution in [0.2, 0.25) is 0 Å². The summed E-state index contributed by atoms with van der Waals surface area (Å²) in [6.45, 7) is 7.56. The van der Waals surface area contributed by atoms with Crippen LogP contribution in [0.3, 0.4) is 0 Å². The van der Waals surface area contributed by atoms with E-state index >= 15 is 0 Å². The van der Waals surface area contributed by atoms with E-state index in [0.29, 0.717) is 18.4 Å². The first-order valence-corrected chi connectivity index (χ1v) is 12.7. The van der Waals surface area contributed by atoms with Crippen molar-refractivity contribution in [3.63, 3.8) is 0 Å². The smallest absolute Gasteiger partial charge is 0.249 e. The third-order valence-electron chi connectivity index (χ3n) is 6.09. The molecule has 11 heteroatoms. The van der Waals surface area contributed by atoms with Crippen molar-refractivity contribution in [2.45, 2.75) is 50.7 Å². The average Bonchev–Trinajstić information content (AvgIpc) is 3.49. The number of hydrazine groups is 1. The van der Waals surface area contributed by atoms with E-state index in [-0.39, 0.29) is 23.4 Å². The van der Waals surface area contributed by atoms with Gasteiger partial charge in [-0.1, -0.05) is 29.5 Å². The summed E-state index contributed by atoms with van der Waals surface area (Å²) in [5.41, 5.74) is 7.73. The van der Waals surface area contributed by atoms with E-state index in [1.165, 1.54) is 27.8 Å². The number of anilines is 2. The van der Waals surface area contributed by atoms with Crippen molar-refractivity contribution in [3.8, 4) is 5.00 Å². The van der Waals surface area contributed by atoms with Gasteiger partial charge >= 0.3 is 0 Å². The van der Waals surface area contributed by atoms with Crippen LogP contribution in [-0.2, 0) is 22.6 Å². The Hall–Kier alpha value is -2.44. The zero-order valence-electron chi connectivity index (χ0n) is 18.6. The molecule has 0 spiro atoms. The van der Waals surface area contributed by atoms with E-state index in [0.717, 1.165) is 28.6 Å². The van der Waals surface area contributed by atoms with Crippen molar-refractivity contribution < 1.29 is 9.53 Å². The molecule has 1 amide bonds. The SMILES string of the molecule is Cc1ccc(NC(=O)CSc2nnc3n2-c2sc4c(c2C2NCNN32)CC(C)(C)OC4)cc1. The number of nitrogens with zero attached hydrogens (tertiary/aromatic N) is 4. The molecule has 0 bridgehead atoms. The predicted octanol–water partition coefficient (Wildman–Crippen LogP) is 3.10. The number of fused-ring (bicyclic) bond motifs is 8. The Morgan fingerprint density at radius 2 is 2.15 bits per heavy atom. The molecular formula is C22H25N7O2S2. The van der Waals surface area contributed by atoms with Crippen LogP contribution >= 0.6 is 23.1 Å². The molecule has 5 heterocycles. The van der Waals surface area contributed by atoms with Crippen LogP contribution in [0.15, 0.2) is 29.4 Å². The molecule has 33 heavy (non-hydrogen) atoms. The lowest BCUT2D eigenvalue weighted by atomic mass is 9.92. The number of carbonyl (C=O) groups is 1. The van der Waals surface area contributed by atoms with Crippen LogP contribution in [0, 0.1) is 6.92 Å². The van der Waals surface area contributed by atoms with Gasteiger partial charge in [0.15, 0.2) is 5.16 Å². The summed E-state index contributed by atoms with van der Waals surface area (Å²) in [5, 5.41) is 19.3. The van der Waals surface area contributed by atoms with Gasteiger partial charge in [0.05, 0.1) is 24.6 Å². The third kappa shape index (κ3) is 3.64. The Morgan fingerprint density at radius 3 is 2.97 bits per heavy atom. The number of hydrogen-bond donors (Lipinski definition) is 3. The fraction of sp³-hybridized carbons (Fsp3) is 0.409. The number of carbonyl (C=O) groups excluding carboxylic acids is 1. The maximum Gasteiger partial charge on any atom is 0.249 e. The molecule has 3 aromatic rings. The summed E-state index contributed by atoms with van der Waals surface area (Å²) in [4.78, 5) is 13.8. The van der Waals surface area contributed by atoms with Gasteiger partial charge in [0.1, 0.15) is 11.2 Å². The van der Waals surface area contributed by atoms with Crippen molar-refractivity contribution >= 4 is 40.6 Å². The molecule has 1 atom stereocenters. The minimum absolute atomic E-state index is 0.00767. The minimum atomic E-state index is -0.197. The number of nitrogens with one attached hydrogen (secondary N) is 3. The average molecular weight is 484 g/mol. The normalized spacial score (nSPS) is 20.1. The number of amides is 1. The molecule has 1 saturated heterocycles. The zero-order chi connectivity index (χ0) is 22.7. The van der Waals surface area contributed by atoms with Gasteiger partial charge in [0.2, 0.25) is 11.9 Å². The second kappa shape index (κ2) is 7.81. The van der Waals surface area contributed by atoms with Gasteiger partial charge in [-0.3, -0.25) is 15.1 Å². The number of thioether (sulfide) groups is 1. The highest BCUT2D eigenvalue weighted by Crippen LogP contribution is 2.48. The molecule has 3 aliphatic heterocycles. The highest BCUT2D eigenvalue weighted by Gasteiger charge is 2.43. The van der Waals surface area contributed by atoms with Crippen LogP contribution in [0.1, 0.15) is 41.6 Å². The van der Waals surface area contributed by atoms with Crippen LogP contribution in [0.25, 0.3) is 5.00 Å². The van der Waals surface area contributed by atoms with Gasteiger partial charge in [-0.25, -0.2) is 9.99 Å². The highest BCUT2D eigenvalue weighted by atomic mass is 32.2. The van der Waals surface area contributed by atoms with Gasteiger partial charge in [-0.05, 0) is 38.5 Å². The lowest BCUT2D eigenvalue weighted by Crippen LogP contribution is -2.40. The first-order valence-electron chi connectivity index (χ1n) is 10.9. The van der Waals surface area contributed by atoms with Gasteiger partial charge in [0, 0.05) is 22.5 Å². The van der Waals surface area contributed by atoms with Crippen molar-refractivity contribution in [1.29, 1.82) is 0 Å². The molecule has 3 aliphatic rings. The Labute approximate surface area is 199 Å². The molecular weight excluding hydrogens is 458 g/mol. The minimum Gasteiger partial charge on any atom is -0.370 e. The summed E-state index contributed by atoms with van der Waals surface area (Å²) >= 11 is 3.13. The standard InChI is InChI=1S/C22H25N7O2S2/c1-12-4-6-13(7-5-12)25-16(30)10-32-21-27-26-20-28(21)19-17(18-23-11-24-29(18)20)14-8-22(2,3)31-9-15(14)33-19/h4-7,18,23-24H,8-11H2,1-3H3,(H,25,30). The summed E-state index contributed by atoms with van der Waals surface area (Å²) in [6.07, 6.45) is 0.868. The number of aromatic nitrogens is 3. The van der Waals surface area contributed by atoms with Gasteiger partial charge in [-0.15, -0.1) is 21.5 Å². The number of hydrogen-bond acceptors (Lipinski definition) is 9. The monoisotopic (exact) mass is 483 g/mol. The molecule has 0 aliphatic carbocycles.